The Bertz CT molecular complexity index is 287. The predicted octanol–water partition coefficient (Wildman–Crippen LogP) is 1.89. The highest BCUT2D eigenvalue weighted by atomic mass is 16.6. The molecular weight excluding hydrogens is 216 g/mol. The number of fused-ring (bicyclic) bond motifs is 1. The van der Waals surface area contributed by atoms with Crippen molar-refractivity contribution < 1.29 is 9.53 Å². The van der Waals surface area contributed by atoms with Gasteiger partial charge >= 0.3 is 6.09 Å². The Morgan fingerprint density at radius 2 is 1.88 bits per heavy atom. The van der Waals surface area contributed by atoms with Crippen LogP contribution in [0.1, 0.15) is 44.9 Å². The van der Waals surface area contributed by atoms with Crippen molar-refractivity contribution in [3.63, 3.8) is 0 Å². The highest BCUT2D eigenvalue weighted by molar-refractivity contribution is 5.71. The van der Waals surface area contributed by atoms with Crippen molar-refractivity contribution >= 4 is 6.09 Å². The van der Waals surface area contributed by atoms with Gasteiger partial charge in [-0.2, -0.15) is 0 Å². The first kappa shape index (κ1) is 11.3. The van der Waals surface area contributed by atoms with Gasteiger partial charge in [-0.05, 0) is 25.8 Å². The maximum atomic E-state index is 12.0. The van der Waals surface area contributed by atoms with Crippen LogP contribution in [0.25, 0.3) is 0 Å². The maximum Gasteiger partial charge on any atom is 0.410 e. The van der Waals surface area contributed by atoms with E-state index in [0.29, 0.717) is 12.1 Å². The molecule has 2 saturated heterocycles. The summed E-state index contributed by atoms with van der Waals surface area (Å²) in [5.41, 5.74) is 0. The van der Waals surface area contributed by atoms with Gasteiger partial charge < -0.3 is 10.1 Å². The molecule has 3 rings (SSSR count). The van der Waals surface area contributed by atoms with Gasteiger partial charge in [0.05, 0.1) is 6.04 Å². The van der Waals surface area contributed by atoms with Crippen LogP contribution in [-0.4, -0.2) is 42.3 Å². The Hall–Kier alpha value is -0.770. The molecule has 2 unspecified atom stereocenters. The highest BCUT2D eigenvalue weighted by Gasteiger charge is 2.45. The van der Waals surface area contributed by atoms with Crippen LogP contribution in [0.3, 0.4) is 0 Å². The standard InChI is InChI=1S/C13H22N2O2/c16-13-15(10-5-3-1-2-4-6-10)11-7-8-14-9-12(11)17-13/h10-12,14H,1-9H2. The van der Waals surface area contributed by atoms with Gasteiger partial charge in [0.2, 0.25) is 0 Å². The second-order valence-electron chi connectivity index (χ2n) is 5.54. The molecule has 3 fully saturated rings. The molecule has 0 bridgehead atoms. The zero-order chi connectivity index (χ0) is 11.7. The molecule has 1 N–H and O–H groups in total. The van der Waals surface area contributed by atoms with Gasteiger partial charge in [0, 0.05) is 12.6 Å². The summed E-state index contributed by atoms with van der Waals surface area (Å²) >= 11 is 0. The summed E-state index contributed by atoms with van der Waals surface area (Å²) in [5, 5.41) is 3.31. The third-order valence-electron chi connectivity index (χ3n) is 4.43. The molecule has 0 aromatic heterocycles. The van der Waals surface area contributed by atoms with E-state index in [4.69, 9.17) is 4.74 Å². The molecule has 0 spiro atoms. The van der Waals surface area contributed by atoms with Gasteiger partial charge in [0.25, 0.3) is 0 Å². The van der Waals surface area contributed by atoms with Crippen molar-refractivity contribution in [3.05, 3.63) is 0 Å². The summed E-state index contributed by atoms with van der Waals surface area (Å²) < 4.78 is 5.50. The zero-order valence-electron chi connectivity index (χ0n) is 10.4. The minimum atomic E-state index is -0.0596. The summed E-state index contributed by atoms with van der Waals surface area (Å²) in [6, 6.07) is 0.782. The predicted molar refractivity (Wildman–Crippen MR) is 64.9 cm³/mol. The monoisotopic (exact) mass is 238 g/mol. The molecule has 96 valence electrons. The molecule has 0 radical (unpaired) electrons. The number of rotatable bonds is 1. The number of ether oxygens (including phenoxy) is 1. The third kappa shape index (κ3) is 2.15. The Morgan fingerprint density at radius 1 is 1.12 bits per heavy atom. The van der Waals surface area contributed by atoms with Gasteiger partial charge in [-0.15, -0.1) is 0 Å². The molecule has 3 aliphatic rings. The minimum Gasteiger partial charge on any atom is -0.443 e. The van der Waals surface area contributed by atoms with Crippen LogP contribution >= 0.6 is 0 Å². The Kier molecular flexibility index (Phi) is 3.23. The number of hydrogen-bond donors (Lipinski definition) is 1. The number of carbonyl (C=O) groups excluding carboxylic acids is 1. The fourth-order valence-electron chi connectivity index (χ4n) is 3.54. The van der Waals surface area contributed by atoms with Crippen molar-refractivity contribution in [1.82, 2.24) is 10.2 Å². The van der Waals surface area contributed by atoms with E-state index in [1.54, 1.807) is 0 Å². The van der Waals surface area contributed by atoms with Crippen molar-refractivity contribution in [2.45, 2.75) is 63.1 Å². The second-order valence-corrected chi connectivity index (χ2v) is 5.54. The fraction of sp³-hybridized carbons (Fsp3) is 0.923. The lowest BCUT2D eigenvalue weighted by atomic mass is 9.99. The smallest absolute Gasteiger partial charge is 0.410 e. The number of nitrogens with zero attached hydrogens (tertiary/aromatic N) is 1. The van der Waals surface area contributed by atoms with Crippen molar-refractivity contribution in [2.24, 2.45) is 0 Å². The van der Waals surface area contributed by atoms with Gasteiger partial charge in [0.1, 0.15) is 6.10 Å². The van der Waals surface area contributed by atoms with Crippen LogP contribution in [0.5, 0.6) is 0 Å². The van der Waals surface area contributed by atoms with Crippen LogP contribution in [0.4, 0.5) is 4.79 Å². The first-order valence-electron chi connectivity index (χ1n) is 7.06. The number of carbonyl (C=O) groups is 1. The SMILES string of the molecule is O=C1OC2CNCCC2N1C1CCCCCC1. The van der Waals surface area contributed by atoms with Crippen molar-refractivity contribution in [2.75, 3.05) is 13.1 Å². The van der Waals surface area contributed by atoms with Crippen LogP contribution < -0.4 is 5.32 Å². The van der Waals surface area contributed by atoms with Gasteiger partial charge in [0.15, 0.2) is 0 Å². The average Bonchev–Trinajstić information content (AvgIpc) is 2.53. The number of piperidine rings is 1. The van der Waals surface area contributed by atoms with Crippen LogP contribution in [-0.2, 0) is 4.74 Å². The fourth-order valence-corrected chi connectivity index (χ4v) is 3.54. The maximum absolute atomic E-state index is 12.0. The summed E-state index contributed by atoms with van der Waals surface area (Å²) in [6.45, 7) is 1.85. The zero-order valence-corrected chi connectivity index (χ0v) is 10.4. The lowest BCUT2D eigenvalue weighted by Crippen LogP contribution is -2.50. The molecule has 1 saturated carbocycles. The Morgan fingerprint density at radius 3 is 2.65 bits per heavy atom. The lowest BCUT2D eigenvalue weighted by Gasteiger charge is -2.33. The van der Waals surface area contributed by atoms with Gasteiger partial charge in [-0.25, -0.2) is 4.79 Å². The average molecular weight is 238 g/mol. The van der Waals surface area contributed by atoms with Gasteiger partial charge in [-0.1, -0.05) is 25.7 Å². The Balaban J connectivity index is 1.73. The van der Waals surface area contributed by atoms with E-state index >= 15 is 0 Å². The quantitative estimate of drug-likeness (QED) is 0.709. The molecule has 4 nitrogen and oxygen atoms in total. The first-order chi connectivity index (χ1) is 8.36. The van der Waals surface area contributed by atoms with Crippen LogP contribution in [0.2, 0.25) is 0 Å². The summed E-state index contributed by atoms with van der Waals surface area (Å²) in [6.07, 6.45) is 8.62. The van der Waals surface area contributed by atoms with E-state index in [9.17, 15) is 4.79 Å². The molecule has 0 aromatic rings. The van der Waals surface area contributed by atoms with Crippen LogP contribution in [0, 0.1) is 0 Å². The minimum absolute atomic E-state index is 0.0596. The van der Waals surface area contributed by atoms with Crippen molar-refractivity contribution in [3.8, 4) is 0 Å². The highest BCUT2D eigenvalue weighted by Crippen LogP contribution is 2.31. The number of amides is 1. The molecule has 17 heavy (non-hydrogen) atoms. The van der Waals surface area contributed by atoms with Gasteiger partial charge in [-0.3, -0.25) is 4.90 Å². The van der Waals surface area contributed by atoms with Crippen molar-refractivity contribution in [1.29, 1.82) is 0 Å². The van der Waals surface area contributed by atoms with E-state index in [2.05, 4.69) is 10.2 Å². The third-order valence-corrected chi connectivity index (χ3v) is 4.43. The summed E-state index contributed by atoms with van der Waals surface area (Å²) in [4.78, 5) is 14.1. The molecule has 0 aromatic carbocycles. The number of nitrogens with one attached hydrogen (secondary N) is 1. The topological polar surface area (TPSA) is 41.6 Å². The summed E-state index contributed by atoms with van der Waals surface area (Å²) in [7, 11) is 0. The molecule has 4 heteroatoms. The first-order valence-corrected chi connectivity index (χ1v) is 7.06. The number of hydrogen-bond acceptors (Lipinski definition) is 3. The molecular formula is C13H22N2O2. The largest absolute Gasteiger partial charge is 0.443 e. The molecule has 2 aliphatic heterocycles. The molecule has 1 amide bonds. The van der Waals surface area contributed by atoms with E-state index < -0.39 is 0 Å². The van der Waals surface area contributed by atoms with E-state index in [1.165, 1.54) is 38.5 Å². The van der Waals surface area contributed by atoms with Crippen LogP contribution in [0.15, 0.2) is 0 Å². The van der Waals surface area contributed by atoms with E-state index in [-0.39, 0.29) is 12.2 Å². The van der Waals surface area contributed by atoms with E-state index in [0.717, 1.165) is 19.5 Å². The molecule has 2 atom stereocenters. The second kappa shape index (κ2) is 4.84. The lowest BCUT2D eigenvalue weighted by molar-refractivity contribution is 0.121. The Labute approximate surface area is 103 Å². The van der Waals surface area contributed by atoms with E-state index in [1.807, 2.05) is 0 Å². The molecule has 1 aliphatic carbocycles. The summed E-state index contributed by atoms with van der Waals surface area (Å²) in [5.74, 6) is 0. The molecule has 2 heterocycles. The normalized spacial score (nSPS) is 35.3.